The van der Waals surface area contributed by atoms with Crippen LogP contribution >= 0.6 is 0 Å². The van der Waals surface area contributed by atoms with Crippen molar-refractivity contribution in [1.29, 1.82) is 0 Å². The minimum Gasteiger partial charge on any atom is -0.468 e. The number of methoxy groups -OCH3 is 1. The van der Waals surface area contributed by atoms with Gasteiger partial charge < -0.3 is 14.8 Å². The van der Waals surface area contributed by atoms with E-state index in [1.807, 2.05) is 43.1 Å². The molecule has 0 unspecified atom stereocenters. The number of para-hydroxylation sites is 1. The van der Waals surface area contributed by atoms with Crippen molar-refractivity contribution in [1.82, 2.24) is 9.88 Å². The number of aromatic amines is 1. The van der Waals surface area contributed by atoms with Crippen molar-refractivity contribution in [2.75, 3.05) is 14.2 Å². The van der Waals surface area contributed by atoms with Gasteiger partial charge in [-0.1, -0.05) is 18.2 Å². The Morgan fingerprint density at radius 3 is 2.82 bits per heavy atom. The molecular formula is C17H22N2O3. The van der Waals surface area contributed by atoms with Crippen molar-refractivity contribution < 1.29 is 14.6 Å². The van der Waals surface area contributed by atoms with Gasteiger partial charge in [0, 0.05) is 23.0 Å². The smallest absolute Gasteiger partial charge is 0.323 e. The zero-order chi connectivity index (χ0) is 16.1. The van der Waals surface area contributed by atoms with E-state index in [9.17, 15) is 9.90 Å². The predicted molar refractivity (Wildman–Crippen MR) is 84.6 cm³/mol. The zero-order valence-electron chi connectivity index (χ0n) is 13.4. The van der Waals surface area contributed by atoms with Crippen LogP contribution in [-0.4, -0.2) is 47.3 Å². The van der Waals surface area contributed by atoms with E-state index in [-0.39, 0.29) is 5.97 Å². The molecule has 0 spiro atoms. The van der Waals surface area contributed by atoms with Gasteiger partial charge in [-0.05, 0) is 32.5 Å². The van der Waals surface area contributed by atoms with Gasteiger partial charge in [0.15, 0.2) is 0 Å². The largest absolute Gasteiger partial charge is 0.468 e. The number of fused-ring (bicyclic) bond motifs is 3. The number of H-pyrrole nitrogens is 1. The number of likely N-dealkylation sites (N-methyl/N-ethyl adjacent to an activating group) is 1. The lowest BCUT2D eigenvalue weighted by Crippen LogP contribution is -2.59. The number of benzene rings is 1. The van der Waals surface area contributed by atoms with E-state index in [2.05, 4.69) is 4.98 Å². The fourth-order valence-electron chi connectivity index (χ4n) is 3.56. The number of aromatic nitrogens is 1. The van der Waals surface area contributed by atoms with Crippen LogP contribution < -0.4 is 0 Å². The molecular weight excluding hydrogens is 280 g/mol. The van der Waals surface area contributed by atoms with E-state index in [1.165, 1.54) is 7.11 Å². The number of carbonyl (C=O) groups is 1. The number of hydrogen-bond donors (Lipinski definition) is 2. The summed E-state index contributed by atoms with van der Waals surface area (Å²) in [4.78, 5) is 17.6. The molecule has 0 amide bonds. The SMILES string of the molecule is COC(=O)[C@@H]1Cc2c([nH]c3ccccc23)[C@@](C)([C@@H](C)O)N1C. The fourth-order valence-corrected chi connectivity index (χ4v) is 3.56. The summed E-state index contributed by atoms with van der Waals surface area (Å²) in [5.74, 6) is -0.273. The number of nitrogens with zero attached hydrogens (tertiary/aromatic N) is 1. The average molecular weight is 302 g/mol. The highest BCUT2D eigenvalue weighted by Gasteiger charge is 2.48. The molecule has 2 heterocycles. The van der Waals surface area contributed by atoms with Crippen LogP contribution in [0.15, 0.2) is 24.3 Å². The molecule has 22 heavy (non-hydrogen) atoms. The maximum atomic E-state index is 12.2. The van der Waals surface area contributed by atoms with Crippen LogP contribution in [0, 0.1) is 0 Å². The van der Waals surface area contributed by atoms with Crippen molar-refractivity contribution in [3.05, 3.63) is 35.5 Å². The first-order valence-electron chi connectivity index (χ1n) is 7.50. The Morgan fingerprint density at radius 1 is 1.50 bits per heavy atom. The Hall–Kier alpha value is -1.85. The monoisotopic (exact) mass is 302 g/mol. The number of carbonyl (C=O) groups excluding carboxylic acids is 1. The maximum absolute atomic E-state index is 12.2. The van der Waals surface area contributed by atoms with Crippen molar-refractivity contribution in [3.63, 3.8) is 0 Å². The number of ether oxygens (including phenoxy) is 1. The zero-order valence-corrected chi connectivity index (χ0v) is 13.4. The fraction of sp³-hybridized carbons (Fsp3) is 0.471. The molecule has 1 aromatic carbocycles. The summed E-state index contributed by atoms with van der Waals surface area (Å²) in [5, 5.41) is 11.5. The van der Waals surface area contributed by atoms with E-state index >= 15 is 0 Å². The number of rotatable bonds is 2. The van der Waals surface area contributed by atoms with E-state index in [4.69, 9.17) is 4.74 Å². The molecule has 3 atom stereocenters. The molecule has 2 N–H and O–H groups in total. The van der Waals surface area contributed by atoms with Gasteiger partial charge >= 0.3 is 5.97 Å². The standard InChI is InChI=1S/C17H22N2O3/c1-10(20)17(2)15-12(9-14(19(17)3)16(21)22-4)11-7-5-6-8-13(11)18-15/h5-8,10,14,18,20H,9H2,1-4H3/t10-,14+,17-/m1/s1. The topological polar surface area (TPSA) is 65.6 Å². The van der Waals surface area contributed by atoms with Crippen LogP contribution in [0.5, 0.6) is 0 Å². The summed E-state index contributed by atoms with van der Waals surface area (Å²) < 4.78 is 4.96. The third kappa shape index (κ3) is 1.89. The molecule has 0 bridgehead atoms. The normalized spacial score (nSPS) is 26.7. The summed E-state index contributed by atoms with van der Waals surface area (Å²) in [6.07, 6.45) is -0.0676. The molecule has 1 aliphatic rings. The number of aliphatic hydroxyl groups is 1. The van der Waals surface area contributed by atoms with Gasteiger partial charge in [-0.15, -0.1) is 0 Å². The second kappa shape index (κ2) is 5.11. The number of nitrogens with one attached hydrogen (secondary N) is 1. The van der Waals surface area contributed by atoms with Gasteiger partial charge in [-0.25, -0.2) is 0 Å². The Kier molecular flexibility index (Phi) is 3.50. The Bertz CT molecular complexity index is 722. The molecule has 0 fully saturated rings. The second-order valence-electron chi connectivity index (χ2n) is 6.20. The Balaban J connectivity index is 2.26. The highest BCUT2D eigenvalue weighted by atomic mass is 16.5. The van der Waals surface area contributed by atoms with Gasteiger partial charge in [-0.3, -0.25) is 9.69 Å². The van der Waals surface area contributed by atoms with Crippen molar-refractivity contribution in [3.8, 4) is 0 Å². The molecule has 5 heteroatoms. The van der Waals surface area contributed by atoms with Gasteiger partial charge in [0.25, 0.3) is 0 Å². The lowest BCUT2D eigenvalue weighted by atomic mass is 9.80. The van der Waals surface area contributed by atoms with Crippen molar-refractivity contribution >= 4 is 16.9 Å². The van der Waals surface area contributed by atoms with Crippen LogP contribution in [0.3, 0.4) is 0 Å². The number of aliphatic hydroxyl groups excluding tert-OH is 1. The quantitative estimate of drug-likeness (QED) is 0.830. The lowest BCUT2D eigenvalue weighted by Gasteiger charge is -2.47. The van der Waals surface area contributed by atoms with E-state index < -0.39 is 17.7 Å². The first-order chi connectivity index (χ1) is 10.4. The van der Waals surface area contributed by atoms with Gasteiger partial charge in [-0.2, -0.15) is 0 Å². The summed E-state index contributed by atoms with van der Waals surface area (Å²) in [6.45, 7) is 3.71. The Morgan fingerprint density at radius 2 is 2.18 bits per heavy atom. The highest BCUT2D eigenvalue weighted by molar-refractivity contribution is 5.87. The van der Waals surface area contributed by atoms with Crippen LogP contribution in [0.1, 0.15) is 25.1 Å². The van der Waals surface area contributed by atoms with Crippen LogP contribution in [0.25, 0.3) is 10.9 Å². The van der Waals surface area contributed by atoms with Gasteiger partial charge in [0.2, 0.25) is 0 Å². The number of hydrogen-bond acceptors (Lipinski definition) is 4. The minimum atomic E-state index is -0.675. The van der Waals surface area contributed by atoms with Crippen molar-refractivity contribution in [2.45, 2.75) is 38.0 Å². The summed E-state index contributed by atoms with van der Waals surface area (Å²) in [7, 11) is 3.27. The summed E-state index contributed by atoms with van der Waals surface area (Å²) >= 11 is 0. The molecule has 0 radical (unpaired) electrons. The van der Waals surface area contributed by atoms with Gasteiger partial charge in [0.1, 0.15) is 6.04 Å². The van der Waals surface area contributed by atoms with Crippen LogP contribution in [0.4, 0.5) is 0 Å². The first kappa shape index (κ1) is 15.1. The molecule has 0 saturated carbocycles. The molecule has 1 aliphatic heterocycles. The minimum absolute atomic E-state index is 0.273. The third-order valence-corrected chi connectivity index (χ3v) is 5.20. The molecule has 1 aromatic heterocycles. The molecule has 0 aliphatic carbocycles. The third-order valence-electron chi connectivity index (χ3n) is 5.20. The van der Waals surface area contributed by atoms with Crippen LogP contribution in [0.2, 0.25) is 0 Å². The Labute approximate surface area is 129 Å². The average Bonchev–Trinajstić information content (AvgIpc) is 2.89. The van der Waals surface area contributed by atoms with E-state index in [1.54, 1.807) is 6.92 Å². The molecule has 0 saturated heterocycles. The first-order valence-corrected chi connectivity index (χ1v) is 7.50. The summed E-state index contributed by atoms with van der Waals surface area (Å²) in [6, 6.07) is 7.62. The van der Waals surface area contributed by atoms with Crippen LogP contribution in [-0.2, 0) is 21.5 Å². The summed E-state index contributed by atoms with van der Waals surface area (Å²) in [5.41, 5.74) is 2.42. The highest BCUT2D eigenvalue weighted by Crippen LogP contribution is 2.42. The molecule has 2 aromatic rings. The van der Waals surface area contributed by atoms with E-state index in [0.717, 1.165) is 22.2 Å². The lowest BCUT2D eigenvalue weighted by molar-refractivity contribution is -0.152. The van der Waals surface area contributed by atoms with E-state index in [0.29, 0.717) is 6.42 Å². The predicted octanol–water partition coefficient (Wildman–Crippen LogP) is 1.79. The second-order valence-corrected chi connectivity index (χ2v) is 6.20. The van der Waals surface area contributed by atoms with Gasteiger partial charge in [0.05, 0.1) is 18.8 Å². The molecule has 3 rings (SSSR count). The maximum Gasteiger partial charge on any atom is 0.323 e. The molecule has 5 nitrogen and oxygen atoms in total. The molecule has 118 valence electrons. The number of esters is 1. The van der Waals surface area contributed by atoms with Crippen molar-refractivity contribution in [2.24, 2.45) is 0 Å².